The predicted octanol–water partition coefficient (Wildman–Crippen LogP) is 3.54. The number of carbonyl (C=O) groups is 1. The van der Waals surface area contributed by atoms with Crippen molar-refractivity contribution in [2.24, 2.45) is 0 Å². The first kappa shape index (κ1) is 15.6. The number of aliphatic hydroxyl groups is 1. The highest BCUT2D eigenvalue weighted by Gasteiger charge is 2.05. The van der Waals surface area contributed by atoms with Crippen LogP contribution < -0.4 is 10.6 Å². The fourth-order valence-corrected chi connectivity index (χ4v) is 2.04. The second kappa shape index (κ2) is 7.31. The summed E-state index contributed by atoms with van der Waals surface area (Å²) in [5.41, 5.74) is 2.14. The van der Waals surface area contributed by atoms with Crippen LogP contribution in [0.15, 0.2) is 42.5 Å². The molecule has 0 bridgehead atoms. The molecule has 0 aromatic heterocycles. The number of nitrogens with one attached hydrogen (secondary N) is 2. The molecule has 3 N–H and O–H groups in total. The third kappa shape index (κ3) is 4.63. The van der Waals surface area contributed by atoms with Gasteiger partial charge in [-0.1, -0.05) is 35.3 Å². The molecule has 21 heavy (non-hydrogen) atoms. The van der Waals surface area contributed by atoms with Crippen molar-refractivity contribution in [2.45, 2.75) is 6.61 Å². The molecule has 0 heterocycles. The zero-order chi connectivity index (χ0) is 15.2. The van der Waals surface area contributed by atoms with Crippen molar-refractivity contribution in [1.82, 2.24) is 0 Å². The van der Waals surface area contributed by atoms with Crippen molar-refractivity contribution in [1.29, 1.82) is 0 Å². The topological polar surface area (TPSA) is 61.4 Å². The standard InChI is InChI=1S/C15H14Cl2N2O2/c16-13-5-4-12(7-14(13)17)19-15(21)8-18-11-3-1-2-10(6-11)9-20/h1-7,18,20H,8-9H2,(H,19,21). The highest BCUT2D eigenvalue weighted by atomic mass is 35.5. The molecule has 0 radical (unpaired) electrons. The maximum atomic E-state index is 11.8. The average molecular weight is 325 g/mol. The Kier molecular flexibility index (Phi) is 5.44. The lowest BCUT2D eigenvalue weighted by molar-refractivity contribution is -0.114. The fourth-order valence-electron chi connectivity index (χ4n) is 1.74. The lowest BCUT2D eigenvalue weighted by atomic mass is 10.2. The minimum absolute atomic E-state index is 0.0367. The molecule has 0 aliphatic rings. The molecule has 0 atom stereocenters. The minimum Gasteiger partial charge on any atom is -0.392 e. The monoisotopic (exact) mass is 324 g/mol. The Hall–Kier alpha value is -1.75. The first-order chi connectivity index (χ1) is 10.1. The zero-order valence-corrected chi connectivity index (χ0v) is 12.6. The highest BCUT2D eigenvalue weighted by molar-refractivity contribution is 6.42. The smallest absolute Gasteiger partial charge is 0.243 e. The van der Waals surface area contributed by atoms with Crippen molar-refractivity contribution in [2.75, 3.05) is 17.2 Å². The van der Waals surface area contributed by atoms with Crippen LogP contribution in [-0.4, -0.2) is 17.6 Å². The normalized spacial score (nSPS) is 10.2. The number of rotatable bonds is 5. The summed E-state index contributed by atoms with van der Waals surface area (Å²) < 4.78 is 0. The van der Waals surface area contributed by atoms with E-state index in [2.05, 4.69) is 10.6 Å². The Balaban J connectivity index is 1.91. The Morgan fingerprint density at radius 1 is 1.05 bits per heavy atom. The van der Waals surface area contributed by atoms with Gasteiger partial charge in [-0.05, 0) is 35.9 Å². The quantitative estimate of drug-likeness (QED) is 0.788. The van der Waals surface area contributed by atoms with E-state index in [0.29, 0.717) is 15.7 Å². The van der Waals surface area contributed by atoms with E-state index in [1.807, 2.05) is 12.1 Å². The summed E-state index contributed by atoms with van der Waals surface area (Å²) in [5, 5.41) is 15.6. The second-order valence-corrected chi connectivity index (χ2v) is 5.20. The van der Waals surface area contributed by atoms with Gasteiger partial charge in [-0.2, -0.15) is 0 Å². The van der Waals surface area contributed by atoms with E-state index < -0.39 is 0 Å². The molecule has 4 nitrogen and oxygen atoms in total. The van der Waals surface area contributed by atoms with Crippen LogP contribution in [0, 0.1) is 0 Å². The molecule has 2 aromatic carbocycles. The van der Waals surface area contributed by atoms with Crippen LogP contribution >= 0.6 is 23.2 Å². The predicted molar refractivity (Wildman–Crippen MR) is 85.9 cm³/mol. The van der Waals surface area contributed by atoms with Gasteiger partial charge in [0.1, 0.15) is 0 Å². The number of anilines is 2. The van der Waals surface area contributed by atoms with E-state index in [-0.39, 0.29) is 19.1 Å². The summed E-state index contributed by atoms with van der Waals surface area (Å²) in [7, 11) is 0. The van der Waals surface area contributed by atoms with Crippen LogP contribution in [0.25, 0.3) is 0 Å². The van der Waals surface area contributed by atoms with Crippen molar-refractivity contribution in [3.8, 4) is 0 Å². The Morgan fingerprint density at radius 3 is 2.57 bits per heavy atom. The first-order valence-corrected chi connectivity index (χ1v) is 7.02. The Morgan fingerprint density at radius 2 is 1.86 bits per heavy atom. The molecule has 2 rings (SSSR count). The summed E-state index contributed by atoms with van der Waals surface area (Å²) in [6.07, 6.45) is 0. The van der Waals surface area contributed by atoms with Crippen molar-refractivity contribution >= 4 is 40.5 Å². The molecule has 0 unspecified atom stereocenters. The maximum Gasteiger partial charge on any atom is 0.243 e. The average Bonchev–Trinajstić information content (AvgIpc) is 2.49. The van der Waals surface area contributed by atoms with Gasteiger partial charge in [-0.25, -0.2) is 0 Å². The molecular formula is C15H14Cl2N2O2. The van der Waals surface area contributed by atoms with Crippen LogP contribution in [0.1, 0.15) is 5.56 Å². The number of hydrogen-bond donors (Lipinski definition) is 3. The van der Waals surface area contributed by atoms with Gasteiger partial charge >= 0.3 is 0 Å². The molecular weight excluding hydrogens is 311 g/mol. The first-order valence-electron chi connectivity index (χ1n) is 6.27. The largest absolute Gasteiger partial charge is 0.392 e. The van der Waals surface area contributed by atoms with Crippen LogP contribution in [0.5, 0.6) is 0 Å². The van der Waals surface area contributed by atoms with Gasteiger partial charge in [-0.3, -0.25) is 4.79 Å². The molecule has 0 saturated heterocycles. The van der Waals surface area contributed by atoms with Gasteiger partial charge in [0.25, 0.3) is 0 Å². The van der Waals surface area contributed by atoms with Crippen LogP contribution in [0.2, 0.25) is 10.0 Å². The molecule has 0 aliphatic heterocycles. The number of carbonyl (C=O) groups excluding carboxylic acids is 1. The minimum atomic E-state index is -0.206. The highest BCUT2D eigenvalue weighted by Crippen LogP contribution is 2.24. The Bertz CT molecular complexity index is 647. The molecule has 6 heteroatoms. The van der Waals surface area contributed by atoms with Crippen molar-refractivity contribution < 1.29 is 9.90 Å². The second-order valence-electron chi connectivity index (χ2n) is 4.39. The number of benzene rings is 2. The van der Waals surface area contributed by atoms with Gasteiger partial charge in [0.2, 0.25) is 5.91 Å². The summed E-state index contributed by atoms with van der Waals surface area (Å²) in [5.74, 6) is -0.206. The van der Waals surface area contributed by atoms with E-state index >= 15 is 0 Å². The van der Waals surface area contributed by atoms with E-state index in [4.69, 9.17) is 28.3 Å². The Labute approximate surface area is 132 Å². The maximum absolute atomic E-state index is 11.8. The molecule has 110 valence electrons. The summed E-state index contributed by atoms with van der Waals surface area (Å²) in [4.78, 5) is 11.8. The van der Waals surface area contributed by atoms with Crippen LogP contribution in [0.3, 0.4) is 0 Å². The van der Waals surface area contributed by atoms with Gasteiger partial charge in [-0.15, -0.1) is 0 Å². The van der Waals surface area contributed by atoms with Gasteiger partial charge < -0.3 is 15.7 Å². The van der Waals surface area contributed by atoms with Crippen LogP contribution in [-0.2, 0) is 11.4 Å². The summed E-state index contributed by atoms with van der Waals surface area (Å²) in [6, 6.07) is 12.1. The van der Waals surface area contributed by atoms with E-state index in [9.17, 15) is 4.79 Å². The van der Waals surface area contributed by atoms with E-state index in [1.54, 1.807) is 30.3 Å². The van der Waals surface area contributed by atoms with Crippen LogP contribution in [0.4, 0.5) is 11.4 Å². The molecule has 2 aromatic rings. The summed E-state index contributed by atoms with van der Waals surface area (Å²) >= 11 is 11.7. The number of halogens is 2. The molecule has 0 fully saturated rings. The van der Waals surface area contributed by atoms with Gasteiger partial charge in [0.15, 0.2) is 0 Å². The SMILES string of the molecule is O=C(CNc1cccc(CO)c1)Nc1ccc(Cl)c(Cl)c1. The van der Waals surface area contributed by atoms with Gasteiger partial charge in [0.05, 0.1) is 23.2 Å². The van der Waals surface area contributed by atoms with E-state index in [1.165, 1.54) is 0 Å². The lowest BCUT2D eigenvalue weighted by Crippen LogP contribution is -2.21. The molecule has 1 amide bonds. The van der Waals surface area contributed by atoms with Crippen molar-refractivity contribution in [3.63, 3.8) is 0 Å². The molecule has 0 saturated carbocycles. The summed E-state index contributed by atoms with van der Waals surface area (Å²) in [6.45, 7) is 0.0696. The fraction of sp³-hybridized carbons (Fsp3) is 0.133. The third-order valence-corrected chi connectivity index (χ3v) is 3.51. The van der Waals surface area contributed by atoms with Crippen molar-refractivity contribution in [3.05, 3.63) is 58.1 Å². The molecule has 0 aliphatic carbocycles. The molecule has 0 spiro atoms. The zero-order valence-electron chi connectivity index (χ0n) is 11.1. The third-order valence-electron chi connectivity index (χ3n) is 2.77. The number of amides is 1. The van der Waals surface area contributed by atoms with E-state index in [0.717, 1.165) is 11.3 Å². The number of aliphatic hydroxyl groups excluding tert-OH is 1. The van der Waals surface area contributed by atoms with Gasteiger partial charge in [0, 0.05) is 11.4 Å². The number of hydrogen-bond acceptors (Lipinski definition) is 3. The lowest BCUT2D eigenvalue weighted by Gasteiger charge is -2.09.